The van der Waals surface area contributed by atoms with Gasteiger partial charge in [-0.25, -0.2) is 13.1 Å². The normalized spacial score (nSPS) is 19.1. The van der Waals surface area contributed by atoms with E-state index in [9.17, 15) is 8.42 Å². The Balaban J connectivity index is 1.46. The van der Waals surface area contributed by atoms with Crippen molar-refractivity contribution in [2.75, 3.05) is 18.5 Å². The molecule has 0 radical (unpaired) electrons. The van der Waals surface area contributed by atoms with Crippen LogP contribution in [0.2, 0.25) is 0 Å². The first-order valence-corrected chi connectivity index (χ1v) is 12.0. The number of rotatable bonds is 7. The maximum Gasteiger partial charge on any atom is 0.240 e. The average Bonchev–Trinajstić information content (AvgIpc) is 2.79. The van der Waals surface area contributed by atoms with Gasteiger partial charge in [-0.3, -0.25) is 4.98 Å². The van der Waals surface area contributed by atoms with Crippen LogP contribution in [-0.2, 0) is 10.0 Å². The van der Waals surface area contributed by atoms with Gasteiger partial charge in [0.25, 0.3) is 0 Å². The predicted molar refractivity (Wildman–Crippen MR) is 122 cm³/mol. The zero-order valence-electron chi connectivity index (χ0n) is 17.0. The molecule has 0 atom stereocenters. The fraction of sp³-hybridized carbons (Fsp3) is 0.409. The van der Waals surface area contributed by atoms with Gasteiger partial charge < -0.3 is 4.90 Å². The van der Waals surface area contributed by atoms with Crippen LogP contribution >= 0.6 is 12.2 Å². The molecule has 1 N–H and O–H groups in total. The van der Waals surface area contributed by atoms with E-state index >= 15 is 0 Å². The molecule has 1 aliphatic rings. The minimum absolute atomic E-state index is 0.133. The number of hydrogen-bond donors (Lipinski definition) is 1. The third kappa shape index (κ3) is 5.63. The first-order chi connectivity index (χ1) is 14.4. The zero-order chi connectivity index (χ0) is 21.6. The van der Waals surface area contributed by atoms with Gasteiger partial charge in [-0.1, -0.05) is 18.3 Å². The number of pyridine rings is 1. The number of nitrogens with one attached hydrogen (secondary N) is 1. The van der Waals surface area contributed by atoms with Crippen LogP contribution in [0.3, 0.4) is 0 Å². The number of hydrogen-bond acceptors (Lipinski definition) is 5. The van der Waals surface area contributed by atoms with Gasteiger partial charge in [0, 0.05) is 25.7 Å². The van der Waals surface area contributed by atoms with Crippen molar-refractivity contribution in [2.24, 2.45) is 11.8 Å². The number of nitriles is 1. The molecule has 0 amide bonds. The number of sulfonamides is 1. The SMILES string of the molecule is CN(c1cccnc1)C(=S)[C@H]1CC[C@H](CCNS(=O)(=O)c2cccc(C#N)c2)CC1. The summed E-state index contributed by atoms with van der Waals surface area (Å²) in [7, 11) is -1.61. The van der Waals surface area contributed by atoms with E-state index < -0.39 is 10.0 Å². The Labute approximate surface area is 184 Å². The van der Waals surface area contributed by atoms with Gasteiger partial charge in [-0.2, -0.15) is 5.26 Å². The molecule has 1 fully saturated rings. The van der Waals surface area contributed by atoms with Gasteiger partial charge >= 0.3 is 0 Å². The molecule has 2 aromatic rings. The topological polar surface area (TPSA) is 86.1 Å². The quantitative estimate of drug-likeness (QED) is 0.655. The molecule has 30 heavy (non-hydrogen) atoms. The van der Waals surface area contributed by atoms with E-state index in [1.165, 1.54) is 12.1 Å². The largest absolute Gasteiger partial charge is 0.338 e. The van der Waals surface area contributed by atoms with Crippen LogP contribution in [0.4, 0.5) is 5.69 Å². The second-order valence-electron chi connectivity index (χ2n) is 7.65. The third-order valence-electron chi connectivity index (χ3n) is 5.68. The molecule has 0 saturated heterocycles. The molecule has 1 aromatic heterocycles. The highest BCUT2D eigenvalue weighted by Gasteiger charge is 2.26. The average molecular weight is 443 g/mol. The Morgan fingerprint density at radius 1 is 1.27 bits per heavy atom. The summed E-state index contributed by atoms with van der Waals surface area (Å²) < 4.78 is 27.6. The lowest BCUT2D eigenvalue weighted by Crippen LogP contribution is -2.34. The number of aromatic nitrogens is 1. The number of benzene rings is 1. The van der Waals surface area contributed by atoms with Crippen LogP contribution < -0.4 is 9.62 Å². The van der Waals surface area contributed by atoms with Crippen molar-refractivity contribution >= 4 is 32.9 Å². The molecule has 1 aliphatic carbocycles. The highest BCUT2D eigenvalue weighted by atomic mass is 32.2. The smallest absolute Gasteiger partial charge is 0.240 e. The third-order valence-corrected chi connectivity index (χ3v) is 7.74. The highest BCUT2D eigenvalue weighted by molar-refractivity contribution is 7.89. The summed E-state index contributed by atoms with van der Waals surface area (Å²) in [6, 6.07) is 12.0. The summed E-state index contributed by atoms with van der Waals surface area (Å²) >= 11 is 5.71. The van der Waals surface area contributed by atoms with Gasteiger partial charge in [0.05, 0.1) is 33.4 Å². The van der Waals surface area contributed by atoms with Crippen LogP contribution in [0.25, 0.3) is 0 Å². The maximum atomic E-state index is 12.4. The molecule has 3 rings (SSSR count). The minimum atomic E-state index is -3.59. The summed E-state index contributed by atoms with van der Waals surface area (Å²) in [5.41, 5.74) is 1.34. The Morgan fingerprint density at radius 3 is 2.70 bits per heavy atom. The fourth-order valence-corrected chi connectivity index (χ4v) is 5.30. The van der Waals surface area contributed by atoms with Crippen molar-refractivity contribution in [3.05, 3.63) is 54.4 Å². The summed E-state index contributed by atoms with van der Waals surface area (Å²) in [6.45, 7) is 0.397. The van der Waals surface area contributed by atoms with Crippen LogP contribution in [0.15, 0.2) is 53.7 Å². The highest BCUT2D eigenvalue weighted by Crippen LogP contribution is 2.33. The van der Waals surface area contributed by atoms with Crippen molar-refractivity contribution < 1.29 is 8.42 Å². The van der Waals surface area contributed by atoms with Gasteiger partial charge in [-0.05, 0) is 68.4 Å². The summed E-state index contributed by atoms with van der Waals surface area (Å²) in [5.74, 6) is 0.854. The van der Waals surface area contributed by atoms with Gasteiger partial charge in [0.1, 0.15) is 0 Å². The van der Waals surface area contributed by atoms with Crippen LogP contribution in [0, 0.1) is 23.2 Å². The lowest BCUT2D eigenvalue weighted by atomic mass is 9.80. The Kier molecular flexibility index (Phi) is 7.53. The van der Waals surface area contributed by atoms with Crippen molar-refractivity contribution in [1.82, 2.24) is 9.71 Å². The van der Waals surface area contributed by atoms with Crippen LogP contribution in [0.1, 0.15) is 37.7 Å². The first kappa shape index (κ1) is 22.3. The van der Waals surface area contributed by atoms with E-state index in [0.717, 1.165) is 42.8 Å². The van der Waals surface area contributed by atoms with Gasteiger partial charge in [0.15, 0.2) is 0 Å². The van der Waals surface area contributed by atoms with E-state index in [2.05, 4.69) is 9.71 Å². The van der Waals surface area contributed by atoms with Crippen molar-refractivity contribution in [3.63, 3.8) is 0 Å². The molecule has 8 heteroatoms. The van der Waals surface area contributed by atoms with E-state index in [4.69, 9.17) is 17.5 Å². The van der Waals surface area contributed by atoms with Crippen molar-refractivity contribution in [3.8, 4) is 6.07 Å². The lowest BCUT2D eigenvalue weighted by Gasteiger charge is -2.32. The molecule has 1 aromatic carbocycles. The minimum Gasteiger partial charge on any atom is -0.338 e. The molecular weight excluding hydrogens is 416 g/mol. The molecular formula is C22H26N4O2S2. The Hall–Kier alpha value is -2.34. The number of anilines is 1. The van der Waals surface area contributed by atoms with Crippen LogP contribution in [0.5, 0.6) is 0 Å². The predicted octanol–water partition coefficient (Wildman–Crippen LogP) is 3.89. The van der Waals surface area contributed by atoms with E-state index in [1.54, 1.807) is 18.3 Å². The second kappa shape index (κ2) is 10.1. The monoisotopic (exact) mass is 442 g/mol. The molecule has 1 saturated carbocycles. The van der Waals surface area contributed by atoms with E-state index in [1.807, 2.05) is 36.3 Å². The maximum absolute atomic E-state index is 12.4. The van der Waals surface area contributed by atoms with E-state index in [0.29, 0.717) is 23.9 Å². The first-order valence-electron chi connectivity index (χ1n) is 10.1. The fourth-order valence-electron chi connectivity index (χ4n) is 3.86. The molecule has 0 unspecified atom stereocenters. The summed E-state index contributed by atoms with van der Waals surface area (Å²) in [4.78, 5) is 7.27. The molecule has 0 aliphatic heterocycles. The lowest BCUT2D eigenvalue weighted by molar-refractivity contribution is 0.308. The van der Waals surface area contributed by atoms with Crippen molar-refractivity contribution in [1.29, 1.82) is 5.26 Å². The van der Waals surface area contributed by atoms with Crippen molar-refractivity contribution in [2.45, 2.75) is 37.0 Å². The Bertz CT molecular complexity index is 1010. The zero-order valence-corrected chi connectivity index (χ0v) is 18.6. The molecule has 0 spiro atoms. The van der Waals surface area contributed by atoms with Gasteiger partial charge in [-0.15, -0.1) is 0 Å². The summed E-state index contributed by atoms with van der Waals surface area (Å²) in [6.07, 6.45) is 8.48. The molecule has 6 nitrogen and oxygen atoms in total. The molecule has 158 valence electrons. The number of thiocarbonyl (C=S) groups is 1. The molecule has 1 heterocycles. The standard InChI is InChI=1S/C22H26N4O2S2/c1-26(20-5-3-12-24-16-20)22(29)19-9-7-17(8-10-19)11-13-25-30(27,28)21-6-2-4-18(14-21)15-23/h2-6,12,14,16-17,19,25H,7-11,13H2,1H3/t17-,19-. The van der Waals surface area contributed by atoms with E-state index in [-0.39, 0.29) is 4.90 Å². The second-order valence-corrected chi connectivity index (χ2v) is 9.84. The number of nitrogens with zero attached hydrogens (tertiary/aromatic N) is 3. The summed E-state index contributed by atoms with van der Waals surface area (Å²) in [5, 5.41) is 8.95. The van der Waals surface area contributed by atoms with Crippen LogP contribution in [-0.4, -0.2) is 32.0 Å². The Morgan fingerprint density at radius 2 is 2.03 bits per heavy atom. The van der Waals surface area contributed by atoms with Gasteiger partial charge in [0.2, 0.25) is 10.0 Å². The molecule has 0 bridgehead atoms.